The van der Waals surface area contributed by atoms with Gasteiger partial charge in [0.2, 0.25) is 10.0 Å². The van der Waals surface area contributed by atoms with Crippen molar-refractivity contribution in [3.05, 3.63) is 23.8 Å². The smallest absolute Gasteiger partial charge is 0.209 e. The van der Waals surface area contributed by atoms with E-state index in [2.05, 4.69) is 4.72 Å². The maximum atomic E-state index is 11.4. The summed E-state index contributed by atoms with van der Waals surface area (Å²) in [5.41, 5.74) is 0.879. The molecule has 0 saturated heterocycles. The monoisotopic (exact) mass is 285 g/mol. The van der Waals surface area contributed by atoms with Crippen LogP contribution in [-0.2, 0) is 10.0 Å². The second-order valence-electron chi connectivity index (χ2n) is 5.01. The average molecular weight is 285 g/mol. The number of fused-ring (bicyclic) bond motifs is 1. The van der Waals surface area contributed by atoms with E-state index in [1.165, 1.54) is 6.26 Å². The zero-order valence-electron chi connectivity index (χ0n) is 11.3. The van der Waals surface area contributed by atoms with Crippen molar-refractivity contribution in [3.63, 3.8) is 0 Å². The lowest BCUT2D eigenvalue weighted by Crippen LogP contribution is -2.31. The number of nitrogens with one attached hydrogen (secondary N) is 1. The fourth-order valence-corrected chi connectivity index (χ4v) is 2.94. The van der Waals surface area contributed by atoms with Crippen LogP contribution >= 0.6 is 0 Å². The van der Waals surface area contributed by atoms with Crippen LogP contribution in [0.15, 0.2) is 18.2 Å². The van der Waals surface area contributed by atoms with Gasteiger partial charge < -0.3 is 9.47 Å². The van der Waals surface area contributed by atoms with Crippen LogP contribution in [0.1, 0.15) is 25.5 Å². The number of benzene rings is 1. The summed E-state index contributed by atoms with van der Waals surface area (Å²) in [5.74, 6) is 1.51. The van der Waals surface area contributed by atoms with Crippen molar-refractivity contribution in [1.82, 2.24) is 4.72 Å². The van der Waals surface area contributed by atoms with Gasteiger partial charge in [-0.3, -0.25) is 0 Å². The number of hydrogen-bond acceptors (Lipinski definition) is 4. The molecular weight excluding hydrogens is 266 g/mol. The van der Waals surface area contributed by atoms with E-state index in [0.29, 0.717) is 24.7 Å². The summed E-state index contributed by atoms with van der Waals surface area (Å²) in [6.45, 7) is 5.00. The van der Waals surface area contributed by atoms with Crippen LogP contribution in [0.4, 0.5) is 0 Å². The molecule has 0 saturated carbocycles. The van der Waals surface area contributed by atoms with E-state index in [0.717, 1.165) is 5.56 Å². The Morgan fingerprint density at radius 3 is 2.37 bits per heavy atom. The van der Waals surface area contributed by atoms with E-state index in [1.54, 1.807) is 0 Å². The molecule has 1 atom stereocenters. The lowest BCUT2D eigenvalue weighted by atomic mass is 9.97. The van der Waals surface area contributed by atoms with Gasteiger partial charge in [0.1, 0.15) is 13.2 Å². The maximum absolute atomic E-state index is 11.4. The van der Waals surface area contributed by atoms with E-state index in [-0.39, 0.29) is 12.0 Å². The Morgan fingerprint density at radius 2 is 1.79 bits per heavy atom. The Bertz CT molecular complexity index is 554. The molecule has 2 rings (SSSR count). The van der Waals surface area contributed by atoms with Gasteiger partial charge in [0.15, 0.2) is 11.5 Å². The van der Waals surface area contributed by atoms with Crippen LogP contribution in [0.3, 0.4) is 0 Å². The van der Waals surface area contributed by atoms with Crippen molar-refractivity contribution < 1.29 is 17.9 Å². The molecule has 1 heterocycles. The van der Waals surface area contributed by atoms with Gasteiger partial charge in [-0.25, -0.2) is 13.1 Å². The van der Waals surface area contributed by atoms with Crippen molar-refractivity contribution in [2.24, 2.45) is 5.92 Å². The predicted molar refractivity (Wildman–Crippen MR) is 73.0 cm³/mol. The fraction of sp³-hybridized carbons (Fsp3) is 0.538. The summed E-state index contributed by atoms with van der Waals surface area (Å²) >= 11 is 0. The second-order valence-corrected chi connectivity index (χ2v) is 6.79. The van der Waals surface area contributed by atoms with Crippen LogP contribution < -0.4 is 14.2 Å². The molecule has 1 N–H and O–H groups in total. The third kappa shape index (κ3) is 3.61. The molecule has 6 heteroatoms. The zero-order valence-corrected chi connectivity index (χ0v) is 12.2. The van der Waals surface area contributed by atoms with Gasteiger partial charge in [-0.1, -0.05) is 19.9 Å². The number of sulfonamides is 1. The Kier molecular flexibility index (Phi) is 4.01. The molecule has 0 bridgehead atoms. The first kappa shape index (κ1) is 14.1. The van der Waals surface area contributed by atoms with Crippen LogP contribution in [-0.4, -0.2) is 27.9 Å². The summed E-state index contributed by atoms with van der Waals surface area (Å²) in [6, 6.07) is 5.27. The molecule has 0 radical (unpaired) electrons. The average Bonchev–Trinajstić information content (AvgIpc) is 2.34. The number of hydrogen-bond donors (Lipinski definition) is 1. The minimum atomic E-state index is -3.26. The molecule has 1 unspecified atom stereocenters. The molecule has 19 heavy (non-hydrogen) atoms. The van der Waals surface area contributed by atoms with Gasteiger partial charge in [0.05, 0.1) is 6.26 Å². The van der Waals surface area contributed by atoms with Crippen LogP contribution in [0.25, 0.3) is 0 Å². The van der Waals surface area contributed by atoms with Gasteiger partial charge >= 0.3 is 0 Å². The van der Waals surface area contributed by atoms with Gasteiger partial charge in [0.25, 0.3) is 0 Å². The van der Waals surface area contributed by atoms with Gasteiger partial charge in [-0.15, -0.1) is 0 Å². The fourth-order valence-electron chi connectivity index (χ4n) is 2.07. The predicted octanol–water partition coefficient (Wildman–Crippen LogP) is 1.70. The van der Waals surface area contributed by atoms with Crippen LogP contribution in [0.5, 0.6) is 11.5 Å². The van der Waals surface area contributed by atoms with Crippen LogP contribution in [0, 0.1) is 5.92 Å². The highest BCUT2D eigenvalue weighted by Gasteiger charge is 2.22. The van der Waals surface area contributed by atoms with Gasteiger partial charge in [-0.2, -0.15) is 0 Å². The minimum absolute atomic E-state index is 0.136. The third-order valence-electron chi connectivity index (χ3n) is 2.93. The quantitative estimate of drug-likeness (QED) is 0.914. The van der Waals surface area contributed by atoms with Crippen molar-refractivity contribution in [2.75, 3.05) is 19.5 Å². The SMILES string of the molecule is CC(C)C(NS(C)(=O)=O)c1ccc2c(c1)OCCO2. The minimum Gasteiger partial charge on any atom is -0.486 e. The third-order valence-corrected chi connectivity index (χ3v) is 3.62. The number of rotatable bonds is 4. The molecule has 0 aromatic heterocycles. The van der Waals surface area contributed by atoms with E-state index in [4.69, 9.17) is 9.47 Å². The highest BCUT2D eigenvalue weighted by molar-refractivity contribution is 7.88. The Labute approximate surface area is 114 Å². The highest BCUT2D eigenvalue weighted by Crippen LogP contribution is 2.34. The summed E-state index contributed by atoms with van der Waals surface area (Å²) in [5, 5.41) is 0. The maximum Gasteiger partial charge on any atom is 0.209 e. The lowest BCUT2D eigenvalue weighted by molar-refractivity contribution is 0.171. The van der Waals surface area contributed by atoms with Crippen LogP contribution in [0.2, 0.25) is 0 Å². The van der Waals surface area contributed by atoms with Crippen molar-refractivity contribution in [1.29, 1.82) is 0 Å². The van der Waals surface area contributed by atoms with Gasteiger partial charge in [-0.05, 0) is 23.6 Å². The van der Waals surface area contributed by atoms with E-state index < -0.39 is 10.0 Å². The normalized spacial score (nSPS) is 16.4. The van der Waals surface area contributed by atoms with Crippen molar-refractivity contribution in [3.8, 4) is 11.5 Å². The zero-order chi connectivity index (χ0) is 14.0. The van der Waals surface area contributed by atoms with Crippen molar-refractivity contribution >= 4 is 10.0 Å². The lowest BCUT2D eigenvalue weighted by Gasteiger charge is -2.24. The molecule has 0 amide bonds. The first-order chi connectivity index (χ1) is 8.87. The van der Waals surface area contributed by atoms with E-state index >= 15 is 0 Å². The summed E-state index contributed by atoms with van der Waals surface area (Å²) < 4.78 is 36.5. The first-order valence-electron chi connectivity index (χ1n) is 6.23. The molecule has 0 fully saturated rings. The molecule has 1 aromatic carbocycles. The first-order valence-corrected chi connectivity index (χ1v) is 8.13. The topological polar surface area (TPSA) is 64.6 Å². The summed E-state index contributed by atoms with van der Waals surface area (Å²) in [6.07, 6.45) is 1.17. The summed E-state index contributed by atoms with van der Waals surface area (Å²) in [4.78, 5) is 0. The van der Waals surface area contributed by atoms with E-state index in [1.807, 2.05) is 32.0 Å². The second kappa shape index (κ2) is 5.38. The van der Waals surface area contributed by atoms with Gasteiger partial charge in [0, 0.05) is 6.04 Å². The standard InChI is InChI=1S/C13H19NO4S/c1-9(2)13(14-19(3,15)16)10-4-5-11-12(8-10)18-7-6-17-11/h4-5,8-9,13-14H,6-7H2,1-3H3. The van der Waals surface area contributed by atoms with E-state index in [9.17, 15) is 8.42 Å². The highest BCUT2D eigenvalue weighted by atomic mass is 32.2. The molecule has 1 aromatic rings. The molecule has 5 nitrogen and oxygen atoms in total. The largest absolute Gasteiger partial charge is 0.486 e. The number of ether oxygens (including phenoxy) is 2. The molecule has 0 spiro atoms. The molecular formula is C13H19NO4S. The van der Waals surface area contributed by atoms with Crippen molar-refractivity contribution in [2.45, 2.75) is 19.9 Å². The molecule has 106 valence electrons. The molecule has 1 aliphatic heterocycles. The Hall–Kier alpha value is -1.27. The molecule has 0 aliphatic carbocycles. The Morgan fingerprint density at radius 1 is 1.16 bits per heavy atom. The Balaban J connectivity index is 2.32. The summed E-state index contributed by atoms with van der Waals surface area (Å²) in [7, 11) is -3.26. The molecule has 1 aliphatic rings.